The minimum atomic E-state index is 0. The molecule has 0 atom stereocenters. The highest BCUT2D eigenvalue weighted by molar-refractivity contribution is 5.85. The molecule has 28 heavy (non-hydrogen) atoms. The van der Waals surface area contributed by atoms with Crippen molar-refractivity contribution in [2.45, 2.75) is 26.8 Å². The lowest BCUT2D eigenvalue weighted by atomic mass is 10.1. The molecule has 0 fully saturated rings. The molecule has 152 valence electrons. The summed E-state index contributed by atoms with van der Waals surface area (Å²) in [5.74, 6) is 1.97. The predicted octanol–water partition coefficient (Wildman–Crippen LogP) is 4.56. The van der Waals surface area contributed by atoms with E-state index >= 15 is 0 Å². The quantitative estimate of drug-likeness (QED) is 0.540. The van der Waals surface area contributed by atoms with Crippen LogP contribution in [0.15, 0.2) is 30.3 Å². The first-order chi connectivity index (χ1) is 13.1. The third kappa shape index (κ3) is 4.54. The second kappa shape index (κ2) is 9.71. The van der Waals surface area contributed by atoms with Gasteiger partial charge in [0, 0.05) is 23.1 Å². The Morgan fingerprint density at radius 1 is 0.929 bits per heavy atom. The Bertz CT molecular complexity index is 912. The highest BCUT2D eigenvalue weighted by Gasteiger charge is 2.13. The van der Waals surface area contributed by atoms with Gasteiger partial charge in [-0.2, -0.15) is 0 Å². The maximum absolute atomic E-state index is 5.42. The molecule has 0 spiro atoms. The second-order valence-corrected chi connectivity index (χ2v) is 6.74. The number of halogens is 1. The molecule has 1 heterocycles. The van der Waals surface area contributed by atoms with E-state index in [0.717, 1.165) is 25.1 Å². The molecule has 3 aromatic rings. The van der Waals surface area contributed by atoms with Crippen LogP contribution in [-0.4, -0.2) is 32.9 Å². The molecular weight excluding hydrogens is 376 g/mol. The maximum Gasteiger partial charge on any atom is 0.203 e. The van der Waals surface area contributed by atoms with Crippen molar-refractivity contribution in [2.75, 3.05) is 27.9 Å². The van der Waals surface area contributed by atoms with Gasteiger partial charge in [0.05, 0.1) is 21.3 Å². The average molecular weight is 405 g/mol. The molecule has 2 aromatic carbocycles. The van der Waals surface area contributed by atoms with Crippen molar-refractivity contribution in [3.05, 3.63) is 52.7 Å². The van der Waals surface area contributed by atoms with E-state index in [1.165, 1.54) is 27.7 Å². The second-order valence-electron chi connectivity index (χ2n) is 6.74. The summed E-state index contributed by atoms with van der Waals surface area (Å²) in [4.78, 5) is 3.48. The fourth-order valence-corrected chi connectivity index (χ4v) is 3.50. The summed E-state index contributed by atoms with van der Waals surface area (Å²) in [5.41, 5.74) is 6.21. The Morgan fingerprint density at radius 2 is 1.61 bits per heavy atom. The number of rotatable bonds is 8. The van der Waals surface area contributed by atoms with Gasteiger partial charge >= 0.3 is 0 Å². The van der Waals surface area contributed by atoms with Gasteiger partial charge in [0.25, 0.3) is 0 Å². The van der Waals surface area contributed by atoms with Gasteiger partial charge in [-0.3, -0.25) is 0 Å². The minimum Gasteiger partial charge on any atom is -0.493 e. The maximum atomic E-state index is 5.42. The van der Waals surface area contributed by atoms with E-state index in [1.807, 2.05) is 12.1 Å². The van der Waals surface area contributed by atoms with E-state index < -0.39 is 0 Å². The summed E-state index contributed by atoms with van der Waals surface area (Å²) in [7, 11) is 4.89. The predicted molar refractivity (Wildman–Crippen MR) is 117 cm³/mol. The Balaban J connectivity index is 0.00000280. The van der Waals surface area contributed by atoms with Crippen molar-refractivity contribution in [3.63, 3.8) is 0 Å². The van der Waals surface area contributed by atoms with Crippen LogP contribution in [0.3, 0.4) is 0 Å². The fraction of sp³-hybridized carbons (Fsp3) is 0.364. The van der Waals surface area contributed by atoms with E-state index in [1.54, 1.807) is 21.3 Å². The number of hydrogen-bond donors (Lipinski definition) is 2. The standard InChI is InChI=1S/C22H28N2O3.ClH/c1-14-6-7-19-18(10-14)17(15(2)24-19)8-9-23-13-16-11-20(25-3)22(27-5)21(12-16)26-4;/h6-7,10-12,23-24H,8-9,13H2,1-5H3;1H. The summed E-state index contributed by atoms with van der Waals surface area (Å²) in [6.07, 6.45) is 0.972. The lowest BCUT2D eigenvalue weighted by Gasteiger charge is -2.14. The third-order valence-corrected chi connectivity index (χ3v) is 4.88. The van der Waals surface area contributed by atoms with Crippen LogP contribution in [0.4, 0.5) is 0 Å². The Morgan fingerprint density at radius 3 is 2.21 bits per heavy atom. The molecule has 0 unspecified atom stereocenters. The molecule has 2 N–H and O–H groups in total. The van der Waals surface area contributed by atoms with Crippen LogP contribution in [0, 0.1) is 13.8 Å². The number of aryl methyl sites for hydroxylation is 2. The van der Waals surface area contributed by atoms with Crippen LogP contribution in [0.5, 0.6) is 17.2 Å². The smallest absolute Gasteiger partial charge is 0.203 e. The number of ether oxygens (including phenoxy) is 3. The van der Waals surface area contributed by atoms with Crippen LogP contribution >= 0.6 is 12.4 Å². The number of aromatic amines is 1. The number of nitrogens with one attached hydrogen (secondary N) is 2. The van der Waals surface area contributed by atoms with Gasteiger partial charge in [-0.25, -0.2) is 0 Å². The van der Waals surface area contributed by atoms with Crippen LogP contribution in [0.2, 0.25) is 0 Å². The van der Waals surface area contributed by atoms with Gasteiger partial charge in [0.2, 0.25) is 5.75 Å². The van der Waals surface area contributed by atoms with Crippen molar-refractivity contribution in [1.29, 1.82) is 0 Å². The topological polar surface area (TPSA) is 55.5 Å². The van der Waals surface area contributed by atoms with Gasteiger partial charge in [-0.15, -0.1) is 12.4 Å². The highest BCUT2D eigenvalue weighted by atomic mass is 35.5. The van der Waals surface area contributed by atoms with Crippen molar-refractivity contribution < 1.29 is 14.2 Å². The van der Waals surface area contributed by atoms with E-state index in [2.05, 4.69) is 42.3 Å². The van der Waals surface area contributed by atoms with Crippen LogP contribution < -0.4 is 19.5 Å². The van der Waals surface area contributed by atoms with Gasteiger partial charge in [-0.05, 0) is 62.2 Å². The van der Waals surface area contributed by atoms with E-state index in [4.69, 9.17) is 14.2 Å². The number of H-pyrrole nitrogens is 1. The largest absolute Gasteiger partial charge is 0.493 e. The molecule has 6 heteroatoms. The van der Waals surface area contributed by atoms with E-state index in [9.17, 15) is 0 Å². The number of methoxy groups -OCH3 is 3. The fourth-order valence-electron chi connectivity index (χ4n) is 3.50. The molecule has 3 rings (SSSR count). The van der Waals surface area contributed by atoms with Crippen molar-refractivity contribution in [2.24, 2.45) is 0 Å². The van der Waals surface area contributed by atoms with Gasteiger partial charge < -0.3 is 24.5 Å². The van der Waals surface area contributed by atoms with E-state index in [-0.39, 0.29) is 12.4 Å². The van der Waals surface area contributed by atoms with Gasteiger partial charge in [-0.1, -0.05) is 11.6 Å². The molecular formula is C22H29ClN2O3. The summed E-state index contributed by atoms with van der Waals surface area (Å²) >= 11 is 0. The van der Waals surface area contributed by atoms with Crippen molar-refractivity contribution >= 4 is 23.3 Å². The number of aromatic nitrogens is 1. The van der Waals surface area contributed by atoms with Crippen molar-refractivity contribution in [1.82, 2.24) is 10.3 Å². The highest BCUT2D eigenvalue weighted by Crippen LogP contribution is 2.38. The molecule has 0 aliphatic carbocycles. The molecule has 0 saturated carbocycles. The summed E-state index contributed by atoms with van der Waals surface area (Å²) in [6.45, 7) is 5.90. The lowest BCUT2D eigenvalue weighted by Crippen LogP contribution is -2.17. The zero-order valence-electron chi connectivity index (χ0n) is 17.1. The van der Waals surface area contributed by atoms with Crippen LogP contribution in [-0.2, 0) is 13.0 Å². The monoisotopic (exact) mass is 404 g/mol. The molecule has 0 bridgehead atoms. The minimum absolute atomic E-state index is 0. The summed E-state index contributed by atoms with van der Waals surface area (Å²) < 4.78 is 16.2. The first-order valence-corrected chi connectivity index (χ1v) is 9.14. The molecule has 0 aliphatic heterocycles. The van der Waals surface area contributed by atoms with Gasteiger partial charge in [0.15, 0.2) is 11.5 Å². The normalized spacial score (nSPS) is 10.6. The summed E-state index contributed by atoms with van der Waals surface area (Å²) in [5, 5.41) is 4.84. The lowest BCUT2D eigenvalue weighted by molar-refractivity contribution is 0.323. The SMILES string of the molecule is COc1cc(CNCCc2c(C)[nH]c3ccc(C)cc23)cc(OC)c1OC.Cl. The van der Waals surface area contributed by atoms with E-state index in [0.29, 0.717) is 17.2 Å². The zero-order valence-corrected chi connectivity index (χ0v) is 18.0. The number of hydrogen-bond acceptors (Lipinski definition) is 4. The molecule has 1 aromatic heterocycles. The number of benzene rings is 2. The summed E-state index contributed by atoms with van der Waals surface area (Å²) in [6, 6.07) is 10.5. The molecule has 0 saturated heterocycles. The first-order valence-electron chi connectivity index (χ1n) is 9.14. The number of fused-ring (bicyclic) bond motifs is 1. The molecule has 0 radical (unpaired) electrons. The third-order valence-electron chi connectivity index (χ3n) is 4.88. The molecule has 0 aliphatic rings. The molecule has 5 nitrogen and oxygen atoms in total. The average Bonchev–Trinajstić information content (AvgIpc) is 2.98. The Labute approximate surface area is 172 Å². The Kier molecular flexibility index (Phi) is 7.61. The molecule has 0 amide bonds. The van der Waals surface area contributed by atoms with Crippen molar-refractivity contribution in [3.8, 4) is 17.2 Å². The van der Waals surface area contributed by atoms with Crippen LogP contribution in [0.1, 0.15) is 22.4 Å². The Hall–Kier alpha value is -2.37. The first kappa shape index (κ1) is 21.9. The van der Waals surface area contributed by atoms with Crippen LogP contribution in [0.25, 0.3) is 10.9 Å². The van der Waals surface area contributed by atoms with Gasteiger partial charge in [0.1, 0.15) is 0 Å². The zero-order chi connectivity index (χ0) is 19.4.